The van der Waals surface area contributed by atoms with Crippen LogP contribution < -0.4 is 4.74 Å². The van der Waals surface area contributed by atoms with Gasteiger partial charge in [-0.25, -0.2) is 9.07 Å². The summed E-state index contributed by atoms with van der Waals surface area (Å²) in [5.74, 6) is 0.313. The fourth-order valence-corrected chi connectivity index (χ4v) is 2.29. The van der Waals surface area contributed by atoms with Crippen molar-refractivity contribution in [1.82, 2.24) is 15.0 Å². The molecule has 1 N–H and O–H groups in total. The van der Waals surface area contributed by atoms with Gasteiger partial charge in [0.25, 0.3) is 0 Å². The Kier molecular flexibility index (Phi) is 3.84. The summed E-state index contributed by atoms with van der Waals surface area (Å²) in [6.07, 6.45) is 0. The van der Waals surface area contributed by atoms with E-state index >= 15 is 0 Å². The van der Waals surface area contributed by atoms with Gasteiger partial charge >= 0.3 is 0 Å². The second kappa shape index (κ2) is 5.95. The van der Waals surface area contributed by atoms with E-state index in [2.05, 4.69) is 10.3 Å². The number of aliphatic hydroxyl groups is 1. The highest BCUT2D eigenvalue weighted by molar-refractivity contribution is 5.70. The number of para-hydroxylation sites is 1. The van der Waals surface area contributed by atoms with Crippen molar-refractivity contribution in [3.63, 3.8) is 0 Å². The van der Waals surface area contributed by atoms with E-state index in [1.54, 1.807) is 23.9 Å². The molecule has 0 bridgehead atoms. The SMILES string of the molecule is COc1ccccc1-c1c(CO)nnn1-c1ccc(F)cc1. The molecule has 0 unspecified atom stereocenters. The van der Waals surface area contributed by atoms with E-state index in [9.17, 15) is 9.50 Å². The topological polar surface area (TPSA) is 60.2 Å². The molecule has 0 atom stereocenters. The zero-order chi connectivity index (χ0) is 15.5. The van der Waals surface area contributed by atoms with Crippen LogP contribution in [0, 0.1) is 5.82 Å². The smallest absolute Gasteiger partial charge is 0.128 e. The van der Waals surface area contributed by atoms with Gasteiger partial charge in [0.1, 0.15) is 23.0 Å². The molecule has 3 rings (SSSR count). The fourth-order valence-electron chi connectivity index (χ4n) is 2.29. The van der Waals surface area contributed by atoms with Crippen molar-refractivity contribution in [3.05, 3.63) is 60.0 Å². The molecular formula is C16H14FN3O2. The van der Waals surface area contributed by atoms with E-state index < -0.39 is 0 Å². The van der Waals surface area contributed by atoms with Gasteiger partial charge in [-0.3, -0.25) is 0 Å². The number of ether oxygens (including phenoxy) is 1. The van der Waals surface area contributed by atoms with Crippen LogP contribution >= 0.6 is 0 Å². The second-order valence-electron chi connectivity index (χ2n) is 4.63. The summed E-state index contributed by atoms with van der Waals surface area (Å²) >= 11 is 0. The third-order valence-electron chi connectivity index (χ3n) is 3.32. The van der Waals surface area contributed by atoms with Crippen molar-refractivity contribution in [2.75, 3.05) is 7.11 Å². The highest BCUT2D eigenvalue weighted by Gasteiger charge is 2.18. The molecule has 112 valence electrons. The first-order chi connectivity index (χ1) is 10.7. The quantitative estimate of drug-likeness (QED) is 0.804. The Bertz CT molecular complexity index is 784. The molecular weight excluding hydrogens is 285 g/mol. The molecule has 22 heavy (non-hydrogen) atoms. The number of benzene rings is 2. The molecule has 1 heterocycles. The summed E-state index contributed by atoms with van der Waals surface area (Å²) in [7, 11) is 1.57. The lowest BCUT2D eigenvalue weighted by Crippen LogP contribution is -2.01. The third-order valence-corrected chi connectivity index (χ3v) is 3.32. The maximum atomic E-state index is 13.1. The summed E-state index contributed by atoms with van der Waals surface area (Å²) in [5.41, 5.74) is 2.44. The van der Waals surface area contributed by atoms with Gasteiger partial charge in [0.15, 0.2) is 0 Å². The number of aromatic nitrogens is 3. The van der Waals surface area contributed by atoms with Crippen molar-refractivity contribution in [2.45, 2.75) is 6.61 Å². The van der Waals surface area contributed by atoms with E-state index in [4.69, 9.17) is 4.74 Å². The third kappa shape index (κ3) is 2.44. The standard InChI is InChI=1S/C16H14FN3O2/c1-22-15-5-3-2-4-13(15)16-14(10-21)18-19-20(16)12-8-6-11(17)7-9-12/h2-9,21H,10H2,1H3. The second-order valence-corrected chi connectivity index (χ2v) is 4.63. The van der Waals surface area contributed by atoms with E-state index in [1.165, 1.54) is 12.1 Å². The largest absolute Gasteiger partial charge is 0.496 e. The Labute approximate surface area is 126 Å². The molecule has 0 aliphatic heterocycles. The van der Waals surface area contributed by atoms with Crippen LogP contribution in [0.25, 0.3) is 16.9 Å². The fraction of sp³-hybridized carbons (Fsp3) is 0.125. The molecule has 6 heteroatoms. The summed E-state index contributed by atoms with van der Waals surface area (Å²) in [6, 6.07) is 13.3. The first-order valence-electron chi connectivity index (χ1n) is 6.69. The number of hydrogen-bond donors (Lipinski definition) is 1. The molecule has 5 nitrogen and oxygen atoms in total. The number of methoxy groups -OCH3 is 1. The molecule has 1 aromatic heterocycles. The summed E-state index contributed by atoms with van der Waals surface area (Å²) in [5, 5.41) is 17.6. The zero-order valence-corrected chi connectivity index (χ0v) is 11.9. The van der Waals surface area contributed by atoms with Crippen molar-refractivity contribution in [2.24, 2.45) is 0 Å². The van der Waals surface area contributed by atoms with Gasteiger partial charge in [0.2, 0.25) is 0 Å². The molecule has 0 amide bonds. The van der Waals surface area contributed by atoms with Crippen LogP contribution in [-0.4, -0.2) is 27.2 Å². The number of halogens is 1. The summed E-state index contributed by atoms with van der Waals surface area (Å²) in [4.78, 5) is 0. The monoisotopic (exact) mass is 299 g/mol. The van der Waals surface area contributed by atoms with Crippen molar-refractivity contribution in [1.29, 1.82) is 0 Å². The number of aliphatic hydroxyl groups excluding tert-OH is 1. The predicted octanol–water partition coefficient (Wildman–Crippen LogP) is 2.57. The van der Waals surface area contributed by atoms with Crippen LogP contribution in [0.5, 0.6) is 5.75 Å². The summed E-state index contributed by atoms with van der Waals surface area (Å²) in [6.45, 7) is -0.255. The van der Waals surface area contributed by atoms with E-state index in [1.807, 2.05) is 24.3 Å². The Morgan fingerprint density at radius 1 is 1.14 bits per heavy atom. The van der Waals surface area contributed by atoms with Crippen molar-refractivity contribution < 1.29 is 14.2 Å². The lowest BCUT2D eigenvalue weighted by Gasteiger charge is -2.11. The predicted molar refractivity (Wildman–Crippen MR) is 79.2 cm³/mol. The Morgan fingerprint density at radius 2 is 1.86 bits per heavy atom. The van der Waals surface area contributed by atoms with Gasteiger partial charge in [-0.15, -0.1) is 5.10 Å². The highest BCUT2D eigenvalue weighted by atomic mass is 19.1. The molecule has 0 radical (unpaired) electrons. The molecule has 0 saturated heterocycles. The van der Waals surface area contributed by atoms with Crippen LogP contribution in [-0.2, 0) is 6.61 Å². The van der Waals surface area contributed by atoms with Crippen LogP contribution in [0.15, 0.2) is 48.5 Å². The molecule has 0 aliphatic rings. The molecule has 0 fully saturated rings. The van der Waals surface area contributed by atoms with Crippen LogP contribution in [0.4, 0.5) is 4.39 Å². The van der Waals surface area contributed by atoms with Gasteiger partial charge in [-0.2, -0.15) is 0 Å². The van der Waals surface area contributed by atoms with Gasteiger partial charge in [-0.05, 0) is 36.4 Å². The van der Waals surface area contributed by atoms with Crippen LogP contribution in [0.1, 0.15) is 5.69 Å². The zero-order valence-electron chi connectivity index (χ0n) is 11.9. The first-order valence-corrected chi connectivity index (χ1v) is 6.69. The Balaban J connectivity index is 2.22. The van der Waals surface area contributed by atoms with E-state index in [-0.39, 0.29) is 12.4 Å². The van der Waals surface area contributed by atoms with E-state index in [0.29, 0.717) is 22.8 Å². The molecule has 2 aromatic carbocycles. The van der Waals surface area contributed by atoms with Crippen molar-refractivity contribution in [3.8, 4) is 22.7 Å². The van der Waals surface area contributed by atoms with Gasteiger partial charge in [0, 0.05) is 5.56 Å². The molecule has 3 aromatic rings. The van der Waals surface area contributed by atoms with Gasteiger partial charge in [0.05, 0.1) is 19.4 Å². The number of nitrogens with zero attached hydrogens (tertiary/aromatic N) is 3. The minimum atomic E-state index is -0.329. The highest BCUT2D eigenvalue weighted by Crippen LogP contribution is 2.32. The number of hydrogen-bond acceptors (Lipinski definition) is 4. The van der Waals surface area contributed by atoms with Gasteiger partial charge < -0.3 is 9.84 Å². The average Bonchev–Trinajstić information content (AvgIpc) is 2.99. The molecule has 0 spiro atoms. The van der Waals surface area contributed by atoms with E-state index in [0.717, 1.165) is 5.56 Å². The molecule has 0 aliphatic carbocycles. The summed E-state index contributed by atoms with van der Waals surface area (Å²) < 4.78 is 20.0. The minimum Gasteiger partial charge on any atom is -0.496 e. The van der Waals surface area contributed by atoms with Crippen LogP contribution in [0.2, 0.25) is 0 Å². The number of rotatable bonds is 4. The molecule has 0 saturated carbocycles. The minimum absolute atomic E-state index is 0.255. The maximum Gasteiger partial charge on any atom is 0.128 e. The average molecular weight is 299 g/mol. The Morgan fingerprint density at radius 3 is 2.55 bits per heavy atom. The lowest BCUT2D eigenvalue weighted by atomic mass is 10.1. The first kappa shape index (κ1) is 14.2. The van der Waals surface area contributed by atoms with Crippen LogP contribution in [0.3, 0.4) is 0 Å². The van der Waals surface area contributed by atoms with Gasteiger partial charge in [-0.1, -0.05) is 17.3 Å². The van der Waals surface area contributed by atoms with Crippen molar-refractivity contribution >= 4 is 0 Å². The maximum absolute atomic E-state index is 13.1. The lowest BCUT2D eigenvalue weighted by molar-refractivity contribution is 0.277. The normalized spacial score (nSPS) is 10.7. The Hall–Kier alpha value is -2.73.